The molecule has 1 aromatic carbocycles. The van der Waals surface area contributed by atoms with E-state index in [1.165, 1.54) is 19.4 Å². The molecule has 1 amide bonds. The first-order valence-corrected chi connectivity index (χ1v) is 9.86. The third kappa shape index (κ3) is 4.91. The molecule has 1 aliphatic heterocycles. The molecule has 144 valence electrons. The SMILES string of the molecule is COc1ccccc1OCC(=O)N1CCCN(CC2CC2)[C@@H](C(C)C)C1. The number of amides is 1. The van der Waals surface area contributed by atoms with E-state index in [0.29, 0.717) is 23.5 Å². The van der Waals surface area contributed by atoms with Crippen LogP contribution in [0.4, 0.5) is 0 Å². The molecule has 2 fully saturated rings. The van der Waals surface area contributed by atoms with E-state index in [1.54, 1.807) is 7.11 Å². The Morgan fingerprint density at radius 3 is 2.58 bits per heavy atom. The zero-order valence-electron chi connectivity index (χ0n) is 16.3. The smallest absolute Gasteiger partial charge is 0.260 e. The second kappa shape index (κ2) is 8.76. The molecule has 5 nitrogen and oxygen atoms in total. The summed E-state index contributed by atoms with van der Waals surface area (Å²) in [6, 6.07) is 7.90. The molecule has 1 aliphatic carbocycles. The van der Waals surface area contributed by atoms with Crippen molar-refractivity contribution in [3.63, 3.8) is 0 Å². The highest BCUT2D eigenvalue weighted by atomic mass is 16.5. The number of nitrogens with zero attached hydrogens (tertiary/aromatic N) is 2. The van der Waals surface area contributed by atoms with Gasteiger partial charge in [-0.15, -0.1) is 0 Å². The van der Waals surface area contributed by atoms with Gasteiger partial charge in [-0.05, 0) is 43.2 Å². The minimum Gasteiger partial charge on any atom is -0.493 e. The topological polar surface area (TPSA) is 42.0 Å². The van der Waals surface area contributed by atoms with E-state index in [-0.39, 0.29) is 12.5 Å². The van der Waals surface area contributed by atoms with Crippen molar-refractivity contribution in [3.05, 3.63) is 24.3 Å². The Kier molecular flexibility index (Phi) is 6.41. The maximum absolute atomic E-state index is 12.8. The van der Waals surface area contributed by atoms with Crippen LogP contribution in [0.25, 0.3) is 0 Å². The molecule has 0 unspecified atom stereocenters. The first kappa shape index (κ1) is 19.0. The van der Waals surface area contributed by atoms with Crippen molar-refractivity contribution in [1.29, 1.82) is 0 Å². The highest BCUT2D eigenvalue weighted by Crippen LogP contribution is 2.32. The first-order chi connectivity index (χ1) is 12.6. The fraction of sp³-hybridized carbons (Fsp3) is 0.667. The van der Waals surface area contributed by atoms with Crippen LogP contribution in [0.5, 0.6) is 11.5 Å². The Morgan fingerprint density at radius 2 is 1.92 bits per heavy atom. The zero-order chi connectivity index (χ0) is 18.5. The summed E-state index contributed by atoms with van der Waals surface area (Å²) in [6.45, 7) is 8.51. The van der Waals surface area contributed by atoms with Crippen LogP contribution in [0.15, 0.2) is 24.3 Å². The number of hydrogen-bond donors (Lipinski definition) is 0. The minimum absolute atomic E-state index is 0.0633. The van der Waals surface area contributed by atoms with E-state index in [1.807, 2.05) is 29.2 Å². The van der Waals surface area contributed by atoms with Gasteiger partial charge in [-0.3, -0.25) is 9.69 Å². The maximum Gasteiger partial charge on any atom is 0.260 e. The van der Waals surface area contributed by atoms with E-state index in [9.17, 15) is 4.79 Å². The number of carbonyl (C=O) groups excluding carboxylic acids is 1. The van der Waals surface area contributed by atoms with Gasteiger partial charge >= 0.3 is 0 Å². The maximum atomic E-state index is 12.8. The van der Waals surface area contributed by atoms with Crippen LogP contribution in [0.3, 0.4) is 0 Å². The normalized spacial score (nSPS) is 21.5. The van der Waals surface area contributed by atoms with Gasteiger partial charge in [0.2, 0.25) is 0 Å². The summed E-state index contributed by atoms with van der Waals surface area (Å²) in [5, 5.41) is 0. The van der Waals surface area contributed by atoms with E-state index < -0.39 is 0 Å². The van der Waals surface area contributed by atoms with Gasteiger partial charge in [-0.25, -0.2) is 0 Å². The molecule has 1 saturated heterocycles. The van der Waals surface area contributed by atoms with Crippen molar-refractivity contribution in [1.82, 2.24) is 9.80 Å². The van der Waals surface area contributed by atoms with E-state index in [2.05, 4.69) is 18.7 Å². The molecule has 0 aromatic heterocycles. The summed E-state index contributed by atoms with van der Waals surface area (Å²) < 4.78 is 11.0. The highest BCUT2D eigenvalue weighted by Gasteiger charge is 2.33. The summed E-state index contributed by atoms with van der Waals surface area (Å²) in [4.78, 5) is 17.4. The number of hydrogen-bond acceptors (Lipinski definition) is 4. The summed E-state index contributed by atoms with van der Waals surface area (Å²) in [5.74, 6) is 2.76. The Balaban J connectivity index is 1.59. The predicted octanol–water partition coefficient (Wildman–Crippen LogP) is 3.04. The molecular weight excluding hydrogens is 328 g/mol. The summed E-state index contributed by atoms with van der Waals surface area (Å²) in [5.41, 5.74) is 0. The van der Waals surface area contributed by atoms with E-state index in [0.717, 1.165) is 32.0 Å². The van der Waals surface area contributed by atoms with Crippen LogP contribution >= 0.6 is 0 Å². The monoisotopic (exact) mass is 360 g/mol. The third-order valence-electron chi connectivity index (χ3n) is 5.48. The number of para-hydroxylation sites is 2. The quantitative estimate of drug-likeness (QED) is 0.749. The van der Waals surface area contributed by atoms with E-state index >= 15 is 0 Å². The van der Waals surface area contributed by atoms with E-state index in [4.69, 9.17) is 9.47 Å². The molecule has 5 heteroatoms. The lowest BCUT2D eigenvalue weighted by Crippen LogP contribution is -2.47. The molecule has 1 heterocycles. The predicted molar refractivity (Wildman–Crippen MR) is 103 cm³/mol. The van der Waals surface area contributed by atoms with Gasteiger partial charge < -0.3 is 14.4 Å². The number of rotatable bonds is 7. The lowest BCUT2D eigenvalue weighted by molar-refractivity contribution is -0.133. The Hall–Kier alpha value is -1.75. The molecule has 0 radical (unpaired) electrons. The van der Waals surface area contributed by atoms with Crippen molar-refractivity contribution in [2.24, 2.45) is 11.8 Å². The summed E-state index contributed by atoms with van der Waals surface area (Å²) >= 11 is 0. The standard InChI is InChI=1S/C21H32N2O3/c1-16(2)18-14-23(12-6-11-22(18)13-17-9-10-17)21(24)15-26-20-8-5-4-7-19(20)25-3/h4-5,7-8,16-18H,6,9-15H2,1-3H3/t18-/m1/s1. The fourth-order valence-corrected chi connectivity index (χ4v) is 3.75. The summed E-state index contributed by atoms with van der Waals surface area (Å²) in [7, 11) is 1.61. The van der Waals surface area contributed by atoms with Gasteiger partial charge in [0.15, 0.2) is 18.1 Å². The minimum atomic E-state index is 0.0633. The largest absolute Gasteiger partial charge is 0.493 e. The average molecular weight is 360 g/mol. The molecule has 0 N–H and O–H groups in total. The second-order valence-electron chi connectivity index (χ2n) is 7.88. The van der Waals surface area contributed by atoms with Gasteiger partial charge in [-0.2, -0.15) is 0 Å². The second-order valence-corrected chi connectivity index (χ2v) is 7.88. The van der Waals surface area contributed by atoms with Gasteiger partial charge in [0.25, 0.3) is 5.91 Å². The lowest BCUT2D eigenvalue weighted by Gasteiger charge is -2.34. The van der Waals surface area contributed by atoms with Crippen LogP contribution in [0.2, 0.25) is 0 Å². The Bertz CT molecular complexity index is 601. The van der Waals surface area contributed by atoms with Crippen molar-refractivity contribution in [3.8, 4) is 11.5 Å². The van der Waals surface area contributed by atoms with Gasteiger partial charge in [-0.1, -0.05) is 26.0 Å². The van der Waals surface area contributed by atoms with Crippen LogP contribution < -0.4 is 9.47 Å². The molecule has 1 aromatic rings. The van der Waals surface area contributed by atoms with Crippen LogP contribution in [-0.2, 0) is 4.79 Å². The number of ether oxygens (including phenoxy) is 2. The third-order valence-corrected chi connectivity index (χ3v) is 5.48. The van der Waals surface area contributed by atoms with Gasteiger partial charge in [0.1, 0.15) is 0 Å². The molecule has 0 spiro atoms. The number of methoxy groups -OCH3 is 1. The number of carbonyl (C=O) groups is 1. The Morgan fingerprint density at radius 1 is 1.19 bits per heavy atom. The molecule has 1 atom stereocenters. The van der Waals surface area contributed by atoms with Crippen molar-refractivity contribution in [2.45, 2.75) is 39.2 Å². The van der Waals surface area contributed by atoms with Gasteiger partial charge in [0, 0.05) is 32.2 Å². The lowest BCUT2D eigenvalue weighted by atomic mass is 10.0. The van der Waals surface area contributed by atoms with Crippen molar-refractivity contribution in [2.75, 3.05) is 39.9 Å². The van der Waals surface area contributed by atoms with Crippen molar-refractivity contribution < 1.29 is 14.3 Å². The average Bonchev–Trinajstić information content (AvgIpc) is 3.47. The molecular formula is C21H32N2O3. The zero-order valence-corrected chi connectivity index (χ0v) is 16.3. The number of benzene rings is 1. The van der Waals surface area contributed by atoms with Crippen molar-refractivity contribution >= 4 is 5.91 Å². The molecule has 3 rings (SSSR count). The Labute approximate surface area is 157 Å². The molecule has 1 saturated carbocycles. The molecule has 0 bridgehead atoms. The molecule has 26 heavy (non-hydrogen) atoms. The first-order valence-electron chi connectivity index (χ1n) is 9.86. The van der Waals surface area contributed by atoms with Crippen LogP contribution in [0.1, 0.15) is 33.1 Å². The highest BCUT2D eigenvalue weighted by molar-refractivity contribution is 5.78. The molecule has 2 aliphatic rings. The summed E-state index contributed by atoms with van der Waals surface area (Å²) in [6.07, 6.45) is 3.78. The van der Waals surface area contributed by atoms with Gasteiger partial charge in [0.05, 0.1) is 7.11 Å². The van der Waals surface area contributed by atoms with Crippen LogP contribution in [-0.4, -0.2) is 61.6 Å². The van der Waals surface area contributed by atoms with Crippen LogP contribution in [0, 0.1) is 11.8 Å². The fourth-order valence-electron chi connectivity index (χ4n) is 3.75.